The van der Waals surface area contributed by atoms with Gasteiger partial charge in [0.05, 0.1) is 18.3 Å². The van der Waals surface area contributed by atoms with E-state index in [1.54, 1.807) is 32.7 Å². The maximum atomic E-state index is 13.2. The Morgan fingerprint density at radius 1 is 1.06 bits per heavy atom. The van der Waals surface area contributed by atoms with E-state index in [0.717, 1.165) is 5.69 Å². The summed E-state index contributed by atoms with van der Waals surface area (Å²) in [6.45, 7) is 4.98. The van der Waals surface area contributed by atoms with Gasteiger partial charge in [-0.3, -0.25) is 9.59 Å². The summed E-state index contributed by atoms with van der Waals surface area (Å²) in [5.41, 5.74) is 0.671. The lowest BCUT2D eigenvalue weighted by Gasteiger charge is -2.46. The fourth-order valence-corrected chi connectivity index (χ4v) is 4.10. The first-order chi connectivity index (χ1) is 15.3. The van der Waals surface area contributed by atoms with Gasteiger partial charge >= 0.3 is 0 Å². The number of carbonyl (C=O) groups excluding carboxylic acids is 2. The normalized spacial score (nSPS) is 15.5. The largest absolute Gasteiger partial charge is 0.497 e. The number of halogens is 1. The highest BCUT2D eigenvalue weighted by atomic mass is 35.5. The maximum Gasteiger partial charge on any atom is 0.294 e. The van der Waals surface area contributed by atoms with Crippen LogP contribution in [0.25, 0.3) is 5.69 Å². The van der Waals surface area contributed by atoms with Crippen LogP contribution in [0.2, 0.25) is 5.02 Å². The molecule has 1 fully saturated rings. The molecule has 0 spiro atoms. The predicted molar refractivity (Wildman–Crippen MR) is 120 cm³/mol. The van der Waals surface area contributed by atoms with Crippen LogP contribution < -0.4 is 4.74 Å². The van der Waals surface area contributed by atoms with Crippen LogP contribution in [0, 0.1) is 0 Å². The standard InChI is InChI=1S/C23H24ClN5O3/c1-23(2)14-27(21(30)16-11-17(24)13-19(12-16)32-3)9-10-28(23)22(31)20-25-15-29(26-20)18-7-5-4-6-8-18/h4-8,11-13,15H,9-10,14H2,1-3H3. The molecular formula is C23H24ClN5O3. The number of hydrogen-bond donors (Lipinski definition) is 0. The number of amides is 2. The lowest BCUT2D eigenvalue weighted by molar-refractivity contribution is 0.0160. The van der Waals surface area contributed by atoms with Gasteiger partial charge in [-0.1, -0.05) is 29.8 Å². The molecule has 2 heterocycles. The van der Waals surface area contributed by atoms with Gasteiger partial charge in [-0.25, -0.2) is 9.67 Å². The van der Waals surface area contributed by atoms with Crippen molar-refractivity contribution in [1.29, 1.82) is 0 Å². The molecule has 0 N–H and O–H groups in total. The molecule has 1 aromatic heterocycles. The molecule has 0 radical (unpaired) electrons. The fourth-order valence-electron chi connectivity index (χ4n) is 3.88. The third-order valence-electron chi connectivity index (χ3n) is 5.49. The summed E-state index contributed by atoms with van der Waals surface area (Å²) in [5, 5.41) is 4.79. The maximum absolute atomic E-state index is 13.2. The molecular weight excluding hydrogens is 430 g/mol. The molecule has 4 rings (SSSR count). The SMILES string of the molecule is COc1cc(Cl)cc(C(=O)N2CCN(C(=O)c3ncn(-c4ccccc4)n3)C(C)(C)C2)c1. The number of hydrogen-bond acceptors (Lipinski definition) is 5. The quantitative estimate of drug-likeness (QED) is 0.605. The number of piperazine rings is 1. The molecule has 0 unspecified atom stereocenters. The van der Waals surface area contributed by atoms with Crippen LogP contribution in [0.4, 0.5) is 0 Å². The van der Waals surface area contributed by atoms with E-state index in [4.69, 9.17) is 16.3 Å². The highest BCUT2D eigenvalue weighted by Gasteiger charge is 2.40. The number of benzene rings is 2. The minimum Gasteiger partial charge on any atom is -0.497 e. The molecule has 32 heavy (non-hydrogen) atoms. The van der Waals surface area contributed by atoms with Gasteiger partial charge in [0, 0.05) is 30.2 Å². The van der Waals surface area contributed by atoms with Crippen LogP contribution in [-0.2, 0) is 0 Å². The molecule has 166 valence electrons. The Bertz CT molecular complexity index is 1150. The second-order valence-corrected chi connectivity index (χ2v) is 8.66. The van der Waals surface area contributed by atoms with Crippen LogP contribution >= 0.6 is 11.6 Å². The summed E-state index contributed by atoms with van der Waals surface area (Å²) in [5.74, 6) is 0.231. The third-order valence-corrected chi connectivity index (χ3v) is 5.71. The highest BCUT2D eigenvalue weighted by molar-refractivity contribution is 6.31. The number of ether oxygens (including phenoxy) is 1. The van der Waals surface area contributed by atoms with Gasteiger partial charge < -0.3 is 14.5 Å². The minimum atomic E-state index is -0.605. The van der Waals surface area contributed by atoms with Gasteiger partial charge in [0.25, 0.3) is 11.8 Å². The van der Waals surface area contributed by atoms with Gasteiger partial charge in [-0.2, -0.15) is 0 Å². The topological polar surface area (TPSA) is 80.6 Å². The van der Waals surface area contributed by atoms with Crippen molar-refractivity contribution in [3.05, 3.63) is 71.3 Å². The zero-order chi connectivity index (χ0) is 22.9. The van der Waals surface area contributed by atoms with E-state index in [1.807, 2.05) is 44.2 Å². The van der Waals surface area contributed by atoms with Crippen molar-refractivity contribution in [1.82, 2.24) is 24.6 Å². The van der Waals surface area contributed by atoms with E-state index >= 15 is 0 Å². The van der Waals surface area contributed by atoms with E-state index in [0.29, 0.717) is 36.0 Å². The average Bonchev–Trinajstić information content (AvgIpc) is 3.28. The van der Waals surface area contributed by atoms with Gasteiger partial charge in [0.2, 0.25) is 5.82 Å². The molecule has 2 aromatic carbocycles. The molecule has 1 aliphatic heterocycles. The van der Waals surface area contributed by atoms with Gasteiger partial charge in [0.1, 0.15) is 12.1 Å². The Hall–Kier alpha value is -3.39. The van der Waals surface area contributed by atoms with E-state index in [9.17, 15) is 9.59 Å². The van der Waals surface area contributed by atoms with Crippen molar-refractivity contribution in [2.24, 2.45) is 0 Å². The van der Waals surface area contributed by atoms with Crippen LogP contribution in [0.15, 0.2) is 54.9 Å². The Morgan fingerprint density at radius 3 is 2.50 bits per heavy atom. The summed E-state index contributed by atoms with van der Waals surface area (Å²) >= 11 is 6.13. The van der Waals surface area contributed by atoms with Gasteiger partial charge in [-0.15, -0.1) is 5.10 Å². The number of carbonyl (C=O) groups is 2. The molecule has 0 bridgehead atoms. The second kappa shape index (κ2) is 8.63. The van der Waals surface area contributed by atoms with Crippen molar-refractivity contribution < 1.29 is 14.3 Å². The Balaban J connectivity index is 1.50. The molecule has 9 heteroatoms. The molecule has 1 aliphatic rings. The molecule has 1 saturated heterocycles. The fraction of sp³-hybridized carbons (Fsp3) is 0.304. The molecule has 2 amide bonds. The van der Waals surface area contributed by atoms with Gasteiger partial charge in [-0.05, 0) is 44.2 Å². The van der Waals surface area contributed by atoms with E-state index in [2.05, 4.69) is 10.1 Å². The zero-order valence-electron chi connectivity index (χ0n) is 18.2. The highest BCUT2D eigenvalue weighted by Crippen LogP contribution is 2.26. The summed E-state index contributed by atoms with van der Waals surface area (Å²) in [6, 6.07) is 14.4. The lowest BCUT2D eigenvalue weighted by Crippen LogP contribution is -2.62. The van der Waals surface area contributed by atoms with E-state index in [1.165, 1.54) is 13.4 Å². The number of rotatable bonds is 4. The lowest BCUT2D eigenvalue weighted by atomic mass is 9.97. The minimum absolute atomic E-state index is 0.126. The molecule has 0 atom stereocenters. The molecule has 8 nitrogen and oxygen atoms in total. The Labute approximate surface area is 191 Å². The Kier molecular flexibility index (Phi) is 5.88. The summed E-state index contributed by atoms with van der Waals surface area (Å²) in [4.78, 5) is 33.9. The molecule has 0 saturated carbocycles. The van der Waals surface area contributed by atoms with Gasteiger partial charge in [0.15, 0.2) is 0 Å². The van der Waals surface area contributed by atoms with Crippen molar-refractivity contribution in [3.8, 4) is 11.4 Å². The smallest absolute Gasteiger partial charge is 0.294 e. The average molecular weight is 454 g/mol. The number of aromatic nitrogens is 3. The van der Waals surface area contributed by atoms with Crippen LogP contribution in [0.3, 0.4) is 0 Å². The summed E-state index contributed by atoms with van der Waals surface area (Å²) in [6.07, 6.45) is 1.53. The molecule has 3 aromatic rings. The van der Waals surface area contributed by atoms with Crippen LogP contribution in [-0.4, -0.2) is 68.7 Å². The first-order valence-electron chi connectivity index (χ1n) is 10.2. The number of methoxy groups -OCH3 is 1. The molecule has 0 aliphatic carbocycles. The monoisotopic (exact) mass is 453 g/mol. The third kappa shape index (κ3) is 4.31. The van der Waals surface area contributed by atoms with Crippen molar-refractivity contribution in [2.45, 2.75) is 19.4 Å². The first kappa shape index (κ1) is 21.8. The number of nitrogens with zero attached hydrogens (tertiary/aromatic N) is 5. The van der Waals surface area contributed by atoms with Crippen LogP contribution in [0.5, 0.6) is 5.75 Å². The Morgan fingerprint density at radius 2 is 1.81 bits per heavy atom. The van der Waals surface area contributed by atoms with Crippen molar-refractivity contribution in [2.75, 3.05) is 26.7 Å². The second-order valence-electron chi connectivity index (χ2n) is 8.22. The first-order valence-corrected chi connectivity index (χ1v) is 10.6. The van der Waals surface area contributed by atoms with E-state index in [-0.39, 0.29) is 17.6 Å². The summed E-state index contributed by atoms with van der Waals surface area (Å²) in [7, 11) is 1.53. The zero-order valence-corrected chi connectivity index (χ0v) is 18.9. The van der Waals surface area contributed by atoms with Crippen LogP contribution in [0.1, 0.15) is 34.8 Å². The van der Waals surface area contributed by atoms with Crippen molar-refractivity contribution >= 4 is 23.4 Å². The predicted octanol–water partition coefficient (Wildman–Crippen LogP) is 3.31. The summed E-state index contributed by atoms with van der Waals surface area (Å²) < 4.78 is 6.80. The van der Waals surface area contributed by atoms with Crippen molar-refractivity contribution in [3.63, 3.8) is 0 Å². The van der Waals surface area contributed by atoms with E-state index < -0.39 is 5.54 Å². The number of para-hydroxylation sites is 1.